The smallest absolute Gasteiger partial charge is 0.191 e. The summed E-state index contributed by atoms with van der Waals surface area (Å²) in [5, 5.41) is 9.10. The maximum absolute atomic E-state index is 4.37. The molecule has 1 fully saturated rings. The van der Waals surface area contributed by atoms with E-state index in [-0.39, 0.29) is 5.41 Å². The first-order valence-corrected chi connectivity index (χ1v) is 9.17. The van der Waals surface area contributed by atoms with Crippen LogP contribution in [0.1, 0.15) is 18.7 Å². The third-order valence-electron chi connectivity index (χ3n) is 4.59. The van der Waals surface area contributed by atoms with Gasteiger partial charge >= 0.3 is 0 Å². The molecule has 0 aliphatic carbocycles. The molecule has 2 rings (SSSR count). The summed E-state index contributed by atoms with van der Waals surface area (Å²) >= 11 is 1.81. The number of piperazine rings is 1. The van der Waals surface area contributed by atoms with Crippen molar-refractivity contribution in [3.63, 3.8) is 0 Å². The van der Waals surface area contributed by atoms with Crippen molar-refractivity contribution in [2.45, 2.75) is 25.3 Å². The fourth-order valence-corrected chi connectivity index (χ4v) is 3.66. The van der Waals surface area contributed by atoms with Crippen LogP contribution in [0.3, 0.4) is 0 Å². The molecule has 0 radical (unpaired) electrons. The predicted octanol–water partition coefficient (Wildman–Crippen LogP) is 1.44. The number of nitrogens with one attached hydrogen (secondary N) is 2. The molecule has 1 aromatic heterocycles. The normalized spacial score (nSPS) is 21.4. The first kappa shape index (κ1) is 18.2. The van der Waals surface area contributed by atoms with Gasteiger partial charge in [0.1, 0.15) is 0 Å². The van der Waals surface area contributed by atoms with Gasteiger partial charge in [-0.3, -0.25) is 9.89 Å². The van der Waals surface area contributed by atoms with Crippen LogP contribution in [0.25, 0.3) is 0 Å². The molecule has 1 aliphatic heterocycles. The molecule has 0 amide bonds. The van der Waals surface area contributed by atoms with E-state index in [0.717, 1.165) is 38.7 Å². The lowest BCUT2D eigenvalue weighted by molar-refractivity contribution is 0.116. The number of nitrogens with zero attached hydrogens (tertiary/aromatic N) is 3. The van der Waals surface area contributed by atoms with Crippen molar-refractivity contribution < 1.29 is 0 Å². The average molecular weight is 338 g/mol. The lowest BCUT2D eigenvalue weighted by atomic mass is 9.91. The molecule has 5 nitrogen and oxygen atoms in total. The van der Waals surface area contributed by atoms with Gasteiger partial charge in [0.2, 0.25) is 0 Å². The summed E-state index contributed by atoms with van der Waals surface area (Å²) in [7, 11) is 6.23. The Balaban J connectivity index is 1.82. The molecule has 1 saturated heterocycles. The minimum atomic E-state index is 0.105. The van der Waals surface area contributed by atoms with Crippen molar-refractivity contribution in [2.75, 3.05) is 53.9 Å². The lowest BCUT2D eigenvalue weighted by Crippen LogP contribution is -2.55. The van der Waals surface area contributed by atoms with E-state index >= 15 is 0 Å². The standard InChI is InChI=1S/C17H31N5S/c1-17(2,15-7-6-10-23-15)13-20-16(18-3)19-11-14-12-21(4)8-9-22(14)5/h6-7,10,14H,8-9,11-13H2,1-5H3,(H2,18,19,20). The molecule has 0 bridgehead atoms. The van der Waals surface area contributed by atoms with E-state index in [1.54, 1.807) is 0 Å². The zero-order valence-corrected chi connectivity index (χ0v) is 15.9. The van der Waals surface area contributed by atoms with Gasteiger partial charge in [0.15, 0.2) is 5.96 Å². The van der Waals surface area contributed by atoms with Crippen molar-refractivity contribution in [3.8, 4) is 0 Å². The van der Waals surface area contributed by atoms with Crippen LogP contribution in [0.15, 0.2) is 22.5 Å². The zero-order chi connectivity index (χ0) is 16.9. The van der Waals surface area contributed by atoms with Gasteiger partial charge in [0.05, 0.1) is 0 Å². The second kappa shape index (κ2) is 8.13. The SMILES string of the molecule is CN=C(NCC1CN(C)CCN1C)NCC(C)(C)c1cccs1. The summed E-state index contributed by atoms with van der Waals surface area (Å²) in [5.74, 6) is 0.885. The molecule has 1 atom stereocenters. The van der Waals surface area contributed by atoms with Gasteiger partial charge < -0.3 is 15.5 Å². The number of likely N-dealkylation sites (N-methyl/N-ethyl adjacent to an activating group) is 2. The Labute approximate surface area is 144 Å². The minimum absolute atomic E-state index is 0.105. The predicted molar refractivity (Wildman–Crippen MR) is 101 cm³/mol. The Morgan fingerprint density at radius 3 is 2.78 bits per heavy atom. The Morgan fingerprint density at radius 1 is 1.35 bits per heavy atom. The summed E-state index contributed by atoms with van der Waals surface area (Å²) < 4.78 is 0. The number of hydrogen-bond donors (Lipinski definition) is 2. The molecule has 1 aliphatic rings. The van der Waals surface area contributed by atoms with E-state index in [9.17, 15) is 0 Å². The lowest BCUT2D eigenvalue weighted by Gasteiger charge is -2.38. The van der Waals surface area contributed by atoms with Gasteiger partial charge in [-0.15, -0.1) is 11.3 Å². The van der Waals surface area contributed by atoms with E-state index in [0.29, 0.717) is 6.04 Å². The van der Waals surface area contributed by atoms with Crippen molar-refractivity contribution in [3.05, 3.63) is 22.4 Å². The first-order valence-electron chi connectivity index (χ1n) is 8.29. The molecule has 0 aromatic carbocycles. The van der Waals surface area contributed by atoms with Crippen molar-refractivity contribution >= 4 is 17.3 Å². The van der Waals surface area contributed by atoms with Gasteiger partial charge in [0.25, 0.3) is 0 Å². The fourth-order valence-electron chi connectivity index (χ4n) is 2.81. The number of rotatable bonds is 5. The second-order valence-electron chi connectivity index (χ2n) is 7.06. The maximum Gasteiger partial charge on any atom is 0.191 e. The highest BCUT2D eigenvalue weighted by Gasteiger charge is 2.24. The van der Waals surface area contributed by atoms with Crippen molar-refractivity contribution in [1.82, 2.24) is 20.4 Å². The maximum atomic E-state index is 4.37. The molecule has 130 valence electrons. The van der Waals surface area contributed by atoms with Crippen LogP contribution >= 0.6 is 11.3 Å². The van der Waals surface area contributed by atoms with E-state index in [1.165, 1.54) is 4.88 Å². The third-order valence-corrected chi connectivity index (χ3v) is 5.83. The summed E-state index contributed by atoms with van der Waals surface area (Å²) in [6.07, 6.45) is 0. The number of guanidine groups is 1. The van der Waals surface area contributed by atoms with Gasteiger partial charge in [-0.1, -0.05) is 19.9 Å². The Hall–Kier alpha value is -1.11. The number of thiophene rings is 1. The molecule has 2 heterocycles. The highest BCUT2D eigenvalue weighted by Crippen LogP contribution is 2.26. The molecule has 1 aromatic rings. The highest BCUT2D eigenvalue weighted by atomic mass is 32.1. The quantitative estimate of drug-likeness (QED) is 0.630. The molecule has 23 heavy (non-hydrogen) atoms. The molecule has 1 unspecified atom stereocenters. The Kier molecular flexibility index (Phi) is 6.44. The Morgan fingerprint density at radius 2 is 2.13 bits per heavy atom. The highest BCUT2D eigenvalue weighted by molar-refractivity contribution is 7.10. The number of hydrogen-bond acceptors (Lipinski definition) is 4. The molecule has 0 spiro atoms. The third kappa shape index (κ3) is 5.19. The van der Waals surface area contributed by atoms with Gasteiger partial charge in [-0.25, -0.2) is 0 Å². The first-order chi connectivity index (χ1) is 10.9. The average Bonchev–Trinajstić information content (AvgIpc) is 3.06. The van der Waals surface area contributed by atoms with Crippen LogP contribution < -0.4 is 10.6 Å². The zero-order valence-electron chi connectivity index (χ0n) is 15.1. The molecular weight excluding hydrogens is 306 g/mol. The summed E-state index contributed by atoms with van der Waals surface area (Å²) in [6, 6.07) is 4.84. The van der Waals surface area contributed by atoms with Crippen LogP contribution in [-0.4, -0.2) is 75.7 Å². The summed E-state index contributed by atoms with van der Waals surface area (Å²) in [6.45, 7) is 9.69. The number of aliphatic imine (C=N–C) groups is 1. The topological polar surface area (TPSA) is 42.9 Å². The van der Waals surface area contributed by atoms with Crippen LogP contribution in [0, 0.1) is 0 Å². The molecular formula is C17H31N5S. The summed E-state index contributed by atoms with van der Waals surface area (Å²) in [4.78, 5) is 10.6. The van der Waals surface area contributed by atoms with Gasteiger partial charge in [-0.2, -0.15) is 0 Å². The molecule has 2 N–H and O–H groups in total. The van der Waals surface area contributed by atoms with Gasteiger partial charge in [0, 0.05) is 56.1 Å². The van der Waals surface area contributed by atoms with Crippen molar-refractivity contribution in [1.29, 1.82) is 0 Å². The van der Waals surface area contributed by atoms with Crippen LogP contribution in [0.4, 0.5) is 0 Å². The van der Waals surface area contributed by atoms with Crippen LogP contribution in [0.2, 0.25) is 0 Å². The second-order valence-corrected chi connectivity index (χ2v) is 8.01. The fraction of sp³-hybridized carbons (Fsp3) is 0.706. The van der Waals surface area contributed by atoms with E-state index in [1.807, 2.05) is 18.4 Å². The van der Waals surface area contributed by atoms with Crippen molar-refractivity contribution in [2.24, 2.45) is 4.99 Å². The summed E-state index contributed by atoms with van der Waals surface area (Å²) in [5.41, 5.74) is 0.105. The van der Waals surface area contributed by atoms with E-state index in [2.05, 4.69) is 70.9 Å². The van der Waals surface area contributed by atoms with Gasteiger partial charge in [-0.05, 0) is 25.5 Å². The van der Waals surface area contributed by atoms with Crippen LogP contribution in [0.5, 0.6) is 0 Å². The van der Waals surface area contributed by atoms with E-state index < -0.39 is 0 Å². The van der Waals surface area contributed by atoms with E-state index in [4.69, 9.17) is 0 Å². The molecule has 6 heteroatoms. The monoisotopic (exact) mass is 337 g/mol. The largest absolute Gasteiger partial charge is 0.356 e. The van der Waals surface area contributed by atoms with Crippen LogP contribution in [-0.2, 0) is 5.41 Å². The molecule has 0 saturated carbocycles. The minimum Gasteiger partial charge on any atom is -0.356 e. The Bertz CT molecular complexity index is 497.